The van der Waals surface area contributed by atoms with Crippen LogP contribution in [0.2, 0.25) is 5.02 Å². The summed E-state index contributed by atoms with van der Waals surface area (Å²) >= 11 is 5.88. The molecule has 1 aromatic carbocycles. The van der Waals surface area contributed by atoms with E-state index in [2.05, 4.69) is 6.92 Å². The van der Waals surface area contributed by atoms with E-state index in [-0.39, 0.29) is 0 Å². The lowest BCUT2D eigenvalue weighted by atomic mass is 10.1. The van der Waals surface area contributed by atoms with Crippen molar-refractivity contribution in [3.63, 3.8) is 0 Å². The van der Waals surface area contributed by atoms with E-state index in [1.165, 1.54) is 38.5 Å². The van der Waals surface area contributed by atoms with Gasteiger partial charge in [-0.1, -0.05) is 57.0 Å². The van der Waals surface area contributed by atoms with E-state index in [1.807, 2.05) is 0 Å². The molecule has 0 saturated heterocycles. The van der Waals surface area contributed by atoms with Crippen molar-refractivity contribution >= 4 is 17.5 Å². The molecule has 112 valence electrons. The lowest BCUT2D eigenvalue weighted by molar-refractivity contribution is 0.1000. The molecule has 0 bridgehead atoms. The fourth-order valence-electron chi connectivity index (χ4n) is 2.03. The van der Waals surface area contributed by atoms with Crippen LogP contribution in [-0.2, 0) is 0 Å². The highest BCUT2D eigenvalue weighted by Gasteiger charge is 2.07. The second-order valence-electron chi connectivity index (χ2n) is 4.98. The average molecular weight is 298 g/mol. The normalized spacial score (nSPS) is 10.5. The zero-order valence-corrected chi connectivity index (χ0v) is 12.9. The standard InChI is InChI=1S/C16H24ClNO2/c1-2-3-4-5-6-7-8-11-20-13-9-10-15(17)14(12-13)16(18)19/h9-10,12H,2-8,11H2,1H3,(H2,18,19). The predicted octanol–water partition coefficient (Wildman–Crippen LogP) is 4.57. The molecule has 1 amide bonds. The van der Waals surface area contributed by atoms with Crippen LogP contribution in [-0.4, -0.2) is 12.5 Å². The summed E-state index contributed by atoms with van der Waals surface area (Å²) in [4.78, 5) is 11.2. The van der Waals surface area contributed by atoms with Crippen LogP contribution in [0.3, 0.4) is 0 Å². The third kappa shape index (κ3) is 6.29. The Labute approximate surface area is 126 Å². The first-order chi connectivity index (χ1) is 9.65. The van der Waals surface area contributed by atoms with Crippen molar-refractivity contribution in [1.29, 1.82) is 0 Å². The molecular formula is C16H24ClNO2. The van der Waals surface area contributed by atoms with E-state index in [0.29, 0.717) is 22.9 Å². The van der Waals surface area contributed by atoms with Crippen molar-refractivity contribution in [3.05, 3.63) is 28.8 Å². The maximum absolute atomic E-state index is 11.2. The van der Waals surface area contributed by atoms with Crippen LogP contribution in [0.25, 0.3) is 0 Å². The molecule has 0 aromatic heterocycles. The highest BCUT2D eigenvalue weighted by atomic mass is 35.5. The van der Waals surface area contributed by atoms with E-state index in [0.717, 1.165) is 6.42 Å². The maximum Gasteiger partial charge on any atom is 0.250 e. The summed E-state index contributed by atoms with van der Waals surface area (Å²) in [7, 11) is 0. The first-order valence-corrected chi connectivity index (χ1v) is 7.75. The van der Waals surface area contributed by atoms with Crippen molar-refractivity contribution < 1.29 is 9.53 Å². The topological polar surface area (TPSA) is 52.3 Å². The summed E-state index contributed by atoms with van der Waals surface area (Å²) in [5, 5.41) is 0.362. The molecular weight excluding hydrogens is 274 g/mol. The second kappa shape index (κ2) is 9.65. The van der Waals surface area contributed by atoms with Gasteiger partial charge in [0.25, 0.3) is 0 Å². The van der Waals surface area contributed by atoms with Gasteiger partial charge in [0, 0.05) is 0 Å². The maximum atomic E-state index is 11.2. The van der Waals surface area contributed by atoms with Crippen molar-refractivity contribution in [3.8, 4) is 5.75 Å². The molecule has 0 fully saturated rings. The van der Waals surface area contributed by atoms with Gasteiger partial charge in [0.2, 0.25) is 5.91 Å². The van der Waals surface area contributed by atoms with Crippen molar-refractivity contribution in [1.82, 2.24) is 0 Å². The number of unbranched alkanes of at least 4 members (excludes halogenated alkanes) is 6. The van der Waals surface area contributed by atoms with Gasteiger partial charge in [0.15, 0.2) is 0 Å². The summed E-state index contributed by atoms with van der Waals surface area (Å²) < 4.78 is 5.61. The minimum atomic E-state index is -0.531. The van der Waals surface area contributed by atoms with Crippen LogP contribution in [0.4, 0.5) is 0 Å². The van der Waals surface area contributed by atoms with Gasteiger partial charge < -0.3 is 10.5 Å². The van der Waals surface area contributed by atoms with Gasteiger partial charge in [-0.15, -0.1) is 0 Å². The molecule has 4 heteroatoms. The largest absolute Gasteiger partial charge is 0.494 e. The minimum Gasteiger partial charge on any atom is -0.494 e. The molecule has 0 aliphatic heterocycles. The SMILES string of the molecule is CCCCCCCCCOc1ccc(Cl)c(C(N)=O)c1. The van der Waals surface area contributed by atoms with E-state index in [1.54, 1.807) is 18.2 Å². The number of nitrogens with two attached hydrogens (primary N) is 1. The van der Waals surface area contributed by atoms with E-state index in [4.69, 9.17) is 22.1 Å². The number of amides is 1. The third-order valence-corrected chi connectivity index (χ3v) is 3.55. The molecule has 0 radical (unpaired) electrons. The van der Waals surface area contributed by atoms with E-state index < -0.39 is 5.91 Å². The first kappa shape index (κ1) is 16.8. The molecule has 20 heavy (non-hydrogen) atoms. The van der Waals surface area contributed by atoms with Gasteiger partial charge in [-0.25, -0.2) is 0 Å². The fourth-order valence-corrected chi connectivity index (χ4v) is 2.24. The highest BCUT2D eigenvalue weighted by molar-refractivity contribution is 6.33. The summed E-state index contributed by atoms with van der Waals surface area (Å²) in [5.41, 5.74) is 5.55. The number of benzene rings is 1. The molecule has 1 rings (SSSR count). The smallest absolute Gasteiger partial charge is 0.250 e. The Morgan fingerprint density at radius 2 is 1.80 bits per heavy atom. The van der Waals surface area contributed by atoms with E-state index in [9.17, 15) is 4.79 Å². The molecule has 0 aliphatic rings. The van der Waals surface area contributed by atoms with Crippen LogP contribution in [0.5, 0.6) is 5.75 Å². The first-order valence-electron chi connectivity index (χ1n) is 7.37. The molecule has 3 nitrogen and oxygen atoms in total. The Morgan fingerprint density at radius 3 is 2.45 bits per heavy atom. The van der Waals surface area contributed by atoms with Gasteiger partial charge in [-0.05, 0) is 24.6 Å². The lowest BCUT2D eigenvalue weighted by Crippen LogP contribution is -2.11. The monoisotopic (exact) mass is 297 g/mol. The van der Waals surface area contributed by atoms with Gasteiger partial charge in [0.05, 0.1) is 17.2 Å². The number of halogens is 1. The van der Waals surface area contributed by atoms with Crippen LogP contribution < -0.4 is 10.5 Å². The summed E-state index contributed by atoms with van der Waals surface area (Å²) in [5.74, 6) is 0.116. The van der Waals surface area contributed by atoms with Crippen LogP contribution in [0.1, 0.15) is 62.2 Å². The zero-order valence-electron chi connectivity index (χ0n) is 12.2. The fraction of sp³-hybridized carbons (Fsp3) is 0.562. The van der Waals surface area contributed by atoms with Gasteiger partial charge >= 0.3 is 0 Å². The summed E-state index contributed by atoms with van der Waals surface area (Å²) in [6.45, 7) is 2.88. The Hall–Kier alpha value is -1.22. The number of hydrogen-bond donors (Lipinski definition) is 1. The molecule has 0 atom stereocenters. The average Bonchev–Trinajstić information content (AvgIpc) is 2.43. The molecule has 0 heterocycles. The van der Waals surface area contributed by atoms with Crippen molar-refractivity contribution in [2.24, 2.45) is 5.73 Å². The highest BCUT2D eigenvalue weighted by Crippen LogP contribution is 2.22. The Kier molecular flexibility index (Phi) is 8.12. The third-order valence-electron chi connectivity index (χ3n) is 3.22. The number of carbonyl (C=O) groups excluding carboxylic acids is 1. The van der Waals surface area contributed by atoms with Crippen LogP contribution in [0, 0.1) is 0 Å². The quantitative estimate of drug-likeness (QED) is 0.643. The lowest BCUT2D eigenvalue weighted by Gasteiger charge is -2.08. The molecule has 0 unspecified atom stereocenters. The predicted molar refractivity (Wildman–Crippen MR) is 83.5 cm³/mol. The van der Waals surface area contributed by atoms with Gasteiger partial charge in [-0.2, -0.15) is 0 Å². The van der Waals surface area contributed by atoms with Crippen LogP contribution >= 0.6 is 11.6 Å². The van der Waals surface area contributed by atoms with Crippen LogP contribution in [0.15, 0.2) is 18.2 Å². The Balaban J connectivity index is 2.22. The zero-order chi connectivity index (χ0) is 14.8. The van der Waals surface area contributed by atoms with E-state index >= 15 is 0 Å². The molecule has 0 spiro atoms. The Bertz CT molecular complexity index is 421. The second-order valence-corrected chi connectivity index (χ2v) is 5.38. The number of rotatable bonds is 10. The number of carbonyl (C=O) groups is 1. The number of primary amides is 1. The summed E-state index contributed by atoms with van der Waals surface area (Å²) in [6, 6.07) is 5.00. The van der Waals surface area contributed by atoms with Gasteiger partial charge in [0.1, 0.15) is 5.75 Å². The number of ether oxygens (including phenoxy) is 1. The molecule has 1 aromatic rings. The van der Waals surface area contributed by atoms with Crippen molar-refractivity contribution in [2.75, 3.05) is 6.61 Å². The summed E-state index contributed by atoms with van der Waals surface area (Å²) in [6.07, 6.45) is 8.72. The minimum absolute atomic E-state index is 0.309. The van der Waals surface area contributed by atoms with Crippen molar-refractivity contribution in [2.45, 2.75) is 51.9 Å². The Morgan fingerprint density at radius 1 is 1.15 bits per heavy atom. The van der Waals surface area contributed by atoms with Gasteiger partial charge in [-0.3, -0.25) is 4.79 Å². The molecule has 2 N–H and O–H groups in total. The molecule has 0 aliphatic carbocycles. The number of hydrogen-bond acceptors (Lipinski definition) is 2. The molecule has 0 saturated carbocycles.